The van der Waals surface area contributed by atoms with E-state index in [1.807, 2.05) is 13.0 Å². The molecule has 0 unspecified atom stereocenters. The normalized spacial score (nSPS) is 11.9. The molecule has 0 spiro atoms. The number of benzene rings is 3. The molecule has 156 valence electrons. The standard InChI is InChI=1S/C18H16N2O7S2.2Na.2H/c1-10-3-6-15(11(2)7-10)19-20-17-14-5-4-13(28(22,23)24)8-12(14)9-16(18(17)21)29(25,26)27;;;;/h3-9,21H,1-2H3,(H,22,23,24)(H,25,26,27);;;;/b20-19+;;;;. The third kappa shape index (κ3) is 6.35. The Balaban J connectivity index is 0.00000240. The average Bonchev–Trinajstić information content (AvgIpc) is 2.59. The second-order valence-electron chi connectivity index (χ2n) is 6.39. The number of fused-ring (bicyclic) bond motifs is 1. The summed E-state index contributed by atoms with van der Waals surface area (Å²) >= 11 is 0. The van der Waals surface area contributed by atoms with Crippen molar-refractivity contribution in [2.75, 3.05) is 0 Å². The van der Waals surface area contributed by atoms with Gasteiger partial charge in [-0.05, 0) is 49.1 Å². The van der Waals surface area contributed by atoms with Crippen LogP contribution in [0.15, 0.2) is 62.5 Å². The number of phenols is 1. The van der Waals surface area contributed by atoms with Crippen molar-refractivity contribution in [1.29, 1.82) is 0 Å². The molecule has 0 fully saturated rings. The van der Waals surface area contributed by atoms with Gasteiger partial charge < -0.3 is 5.11 Å². The van der Waals surface area contributed by atoms with Gasteiger partial charge in [-0.15, -0.1) is 5.11 Å². The minimum absolute atomic E-state index is 0. The summed E-state index contributed by atoms with van der Waals surface area (Å²) in [7, 11) is -9.42. The fraction of sp³-hybridized carbons (Fsp3) is 0.111. The third-order valence-electron chi connectivity index (χ3n) is 4.21. The van der Waals surface area contributed by atoms with E-state index < -0.39 is 35.8 Å². The summed E-state index contributed by atoms with van der Waals surface area (Å²) < 4.78 is 64.7. The molecule has 13 heteroatoms. The van der Waals surface area contributed by atoms with E-state index in [4.69, 9.17) is 0 Å². The van der Waals surface area contributed by atoms with Gasteiger partial charge in [-0.3, -0.25) is 9.11 Å². The van der Waals surface area contributed by atoms with Crippen molar-refractivity contribution in [1.82, 2.24) is 0 Å². The van der Waals surface area contributed by atoms with Gasteiger partial charge in [0.15, 0.2) is 5.75 Å². The van der Waals surface area contributed by atoms with Crippen molar-refractivity contribution in [3.05, 3.63) is 53.6 Å². The monoisotopic (exact) mass is 484 g/mol. The molecule has 3 aromatic rings. The Morgan fingerprint density at radius 3 is 2.00 bits per heavy atom. The molecule has 0 amide bonds. The zero-order valence-corrected chi connectivity index (χ0v) is 16.9. The first-order valence-electron chi connectivity index (χ1n) is 8.11. The van der Waals surface area contributed by atoms with Crippen molar-refractivity contribution in [3.63, 3.8) is 0 Å². The molecule has 0 aliphatic heterocycles. The van der Waals surface area contributed by atoms with Crippen LogP contribution >= 0.6 is 0 Å². The summed E-state index contributed by atoms with van der Waals surface area (Å²) in [4.78, 5) is -1.36. The van der Waals surface area contributed by atoms with Gasteiger partial charge in [0, 0.05) is 5.39 Å². The summed E-state index contributed by atoms with van der Waals surface area (Å²) in [5.41, 5.74) is 1.98. The molecule has 3 N–H and O–H groups in total. The molecule has 0 aliphatic carbocycles. The Morgan fingerprint density at radius 2 is 1.45 bits per heavy atom. The van der Waals surface area contributed by atoms with Gasteiger partial charge in [0.25, 0.3) is 20.2 Å². The van der Waals surface area contributed by atoms with Gasteiger partial charge in [0.1, 0.15) is 10.6 Å². The first-order chi connectivity index (χ1) is 13.4. The van der Waals surface area contributed by atoms with E-state index in [1.54, 1.807) is 19.1 Å². The summed E-state index contributed by atoms with van der Waals surface area (Å²) in [5.74, 6) is -0.840. The second-order valence-corrected chi connectivity index (χ2v) is 9.21. The number of aryl methyl sites for hydroxylation is 2. The molecule has 0 aromatic heterocycles. The Kier molecular flexibility index (Phi) is 9.44. The van der Waals surface area contributed by atoms with E-state index in [0.717, 1.165) is 29.3 Å². The predicted octanol–water partition coefficient (Wildman–Crippen LogP) is 2.77. The molecule has 0 heterocycles. The van der Waals surface area contributed by atoms with Crippen molar-refractivity contribution >= 4 is 101 Å². The molecule has 9 nitrogen and oxygen atoms in total. The van der Waals surface area contributed by atoms with Crippen LogP contribution in [0.25, 0.3) is 10.8 Å². The van der Waals surface area contributed by atoms with Crippen molar-refractivity contribution < 1.29 is 31.0 Å². The molecule has 0 bridgehead atoms. The molecule has 31 heavy (non-hydrogen) atoms. The molecule has 0 aliphatic rings. The maximum atomic E-state index is 11.7. The summed E-state index contributed by atoms with van der Waals surface area (Å²) in [6, 6.07) is 9.53. The van der Waals surface area contributed by atoms with Crippen LogP contribution in [0.3, 0.4) is 0 Å². The van der Waals surface area contributed by atoms with Crippen LogP contribution in [0.4, 0.5) is 11.4 Å². The SMILES string of the molecule is Cc1ccc(/N=N/c2c(O)c(S(=O)(=O)O)cc3cc(S(=O)(=O)O)ccc23)c(C)c1.[NaH].[NaH]. The first kappa shape index (κ1) is 28.2. The fourth-order valence-electron chi connectivity index (χ4n) is 2.81. The van der Waals surface area contributed by atoms with Crippen molar-refractivity contribution in [2.24, 2.45) is 10.2 Å². The van der Waals surface area contributed by atoms with Crippen LogP contribution in [-0.4, -0.2) is 90.2 Å². The maximum absolute atomic E-state index is 11.7. The van der Waals surface area contributed by atoms with Gasteiger partial charge in [0.2, 0.25) is 0 Å². The number of aromatic hydroxyl groups is 1. The number of phenolic OH excluding ortho intramolecular Hbond substituents is 1. The molecular weight excluding hydrogens is 466 g/mol. The molecule has 0 atom stereocenters. The number of hydrogen-bond acceptors (Lipinski definition) is 7. The van der Waals surface area contributed by atoms with Gasteiger partial charge >= 0.3 is 59.1 Å². The first-order valence-corrected chi connectivity index (χ1v) is 11.0. The number of azo groups is 1. The van der Waals surface area contributed by atoms with E-state index in [2.05, 4.69) is 10.2 Å². The molecule has 0 radical (unpaired) electrons. The zero-order valence-electron chi connectivity index (χ0n) is 15.2. The summed E-state index contributed by atoms with van der Waals surface area (Å²) in [6.45, 7) is 3.70. The Labute approximate surface area is 223 Å². The minimum atomic E-state index is -4.86. The Morgan fingerprint density at radius 1 is 0.806 bits per heavy atom. The quantitative estimate of drug-likeness (QED) is 0.292. The van der Waals surface area contributed by atoms with Crippen molar-refractivity contribution in [3.8, 4) is 5.75 Å². The van der Waals surface area contributed by atoms with E-state index >= 15 is 0 Å². The van der Waals surface area contributed by atoms with Gasteiger partial charge in [-0.2, -0.15) is 21.9 Å². The Hall–Kier alpha value is -0.860. The van der Waals surface area contributed by atoms with Gasteiger partial charge in [-0.25, -0.2) is 0 Å². The van der Waals surface area contributed by atoms with Gasteiger partial charge in [-0.1, -0.05) is 23.8 Å². The fourth-order valence-corrected chi connectivity index (χ4v) is 3.94. The molecule has 0 saturated carbocycles. The van der Waals surface area contributed by atoms with Gasteiger partial charge in [0.05, 0.1) is 10.6 Å². The summed E-state index contributed by atoms with van der Waals surface area (Å²) in [5, 5.41) is 18.5. The van der Waals surface area contributed by atoms with E-state index in [1.165, 1.54) is 6.07 Å². The summed E-state index contributed by atoms with van der Waals surface area (Å²) in [6.07, 6.45) is 0. The second kappa shape index (κ2) is 10.4. The molecule has 3 aromatic carbocycles. The predicted molar refractivity (Wildman–Crippen MR) is 120 cm³/mol. The van der Waals surface area contributed by atoms with E-state index in [-0.39, 0.29) is 75.6 Å². The third-order valence-corrected chi connectivity index (χ3v) is 5.92. The number of nitrogens with zero attached hydrogens (tertiary/aromatic N) is 2. The van der Waals surface area contributed by atoms with E-state index in [0.29, 0.717) is 5.69 Å². The van der Waals surface area contributed by atoms with Crippen LogP contribution in [0.5, 0.6) is 5.75 Å². The van der Waals surface area contributed by atoms with E-state index in [9.17, 15) is 31.0 Å². The number of rotatable bonds is 4. The Bertz CT molecular complexity index is 1390. The molecule has 0 saturated heterocycles. The number of hydrogen-bond donors (Lipinski definition) is 3. The zero-order chi connectivity index (χ0) is 21.6. The van der Waals surface area contributed by atoms with Crippen LogP contribution < -0.4 is 0 Å². The molecule has 3 rings (SSSR count). The average molecular weight is 484 g/mol. The van der Waals surface area contributed by atoms with Crippen LogP contribution in [0.1, 0.15) is 11.1 Å². The van der Waals surface area contributed by atoms with Crippen LogP contribution in [0, 0.1) is 13.8 Å². The van der Waals surface area contributed by atoms with Crippen LogP contribution in [0.2, 0.25) is 0 Å². The van der Waals surface area contributed by atoms with Crippen molar-refractivity contribution in [2.45, 2.75) is 23.6 Å². The topological polar surface area (TPSA) is 154 Å². The molecular formula is C18H18N2Na2O7S2. The van der Waals surface area contributed by atoms with Crippen LogP contribution in [-0.2, 0) is 20.2 Å².